The normalized spacial score (nSPS) is 11.4. The van der Waals surface area contributed by atoms with Crippen LogP contribution in [0.3, 0.4) is 0 Å². The second kappa shape index (κ2) is 11.0. The molecular weight excluding hydrogens is 503 g/mol. The number of carbonyl (C=O) groups is 1. The number of carbonyl (C=O) groups excluding carboxylic acids is 1. The van der Waals surface area contributed by atoms with E-state index in [1.807, 2.05) is 36.6 Å². The molecule has 0 fully saturated rings. The van der Waals surface area contributed by atoms with Crippen molar-refractivity contribution in [2.24, 2.45) is 7.05 Å². The van der Waals surface area contributed by atoms with Gasteiger partial charge >= 0.3 is 5.69 Å². The van der Waals surface area contributed by atoms with Gasteiger partial charge in [-0.2, -0.15) is 0 Å². The number of hydrogen-bond donors (Lipinski definition) is 1. The van der Waals surface area contributed by atoms with Gasteiger partial charge in [0, 0.05) is 25.4 Å². The quantitative estimate of drug-likeness (QED) is 0.289. The Balaban J connectivity index is 1.37. The third kappa shape index (κ3) is 5.32. The van der Waals surface area contributed by atoms with Gasteiger partial charge in [0.1, 0.15) is 23.7 Å². The van der Waals surface area contributed by atoms with Gasteiger partial charge in [-0.3, -0.25) is 18.9 Å². The van der Waals surface area contributed by atoms with Crippen LogP contribution in [0.1, 0.15) is 35.9 Å². The van der Waals surface area contributed by atoms with Gasteiger partial charge in [-0.25, -0.2) is 14.2 Å². The molecule has 4 heterocycles. The van der Waals surface area contributed by atoms with Crippen molar-refractivity contribution in [3.05, 3.63) is 88.6 Å². The van der Waals surface area contributed by atoms with E-state index in [0.29, 0.717) is 29.2 Å². The molecule has 1 amide bonds. The highest BCUT2D eigenvalue weighted by molar-refractivity contribution is 6.05. The number of anilines is 1. The van der Waals surface area contributed by atoms with Crippen LogP contribution in [0.15, 0.2) is 65.8 Å². The summed E-state index contributed by atoms with van der Waals surface area (Å²) in [4.78, 5) is 34.7. The lowest BCUT2D eigenvalue weighted by atomic mass is 10.1. The highest BCUT2D eigenvalue weighted by atomic mass is 19.1. The van der Waals surface area contributed by atoms with E-state index in [2.05, 4.69) is 25.5 Å². The zero-order valence-electron chi connectivity index (χ0n) is 21.7. The molecule has 5 rings (SSSR count). The molecule has 11 nitrogen and oxygen atoms in total. The summed E-state index contributed by atoms with van der Waals surface area (Å²) in [5, 5.41) is 10.7. The number of ether oxygens (including phenoxy) is 1. The minimum Gasteiger partial charge on any atom is -0.373 e. The number of aromatic nitrogens is 7. The minimum atomic E-state index is -0.755. The molecule has 0 saturated heterocycles. The first-order valence-electron chi connectivity index (χ1n) is 12.4. The molecule has 12 heteroatoms. The van der Waals surface area contributed by atoms with E-state index in [9.17, 15) is 9.59 Å². The summed E-state index contributed by atoms with van der Waals surface area (Å²) >= 11 is 0. The largest absolute Gasteiger partial charge is 0.373 e. The van der Waals surface area contributed by atoms with Crippen molar-refractivity contribution in [1.29, 1.82) is 0 Å². The highest BCUT2D eigenvalue weighted by Crippen LogP contribution is 2.22. The zero-order chi connectivity index (χ0) is 27.5. The second-order valence-electron chi connectivity index (χ2n) is 9.21. The molecule has 4 aromatic heterocycles. The molecule has 200 valence electrons. The number of fused-ring (bicyclic) bond motifs is 1. The molecule has 0 spiro atoms. The topological polar surface area (TPSA) is 122 Å². The van der Waals surface area contributed by atoms with E-state index < -0.39 is 11.7 Å². The van der Waals surface area contributed by atoms with E-state index in [-0.39, 0.29) is 36.3 Å². The molecule has 0 atom stereocenters. The van der Waals surface area contributed by atoms with Crippen LogP contribution in [0.4, 0.5) is 10.2 Å². The van der Waals surface area contributed by atoms with Crippen molar-refractivity contribution in [2.45, 2.75) is 33.0 Å². The van der Waals surface area contributed by atoms with Gasteiger partial charge in [0.25, 0.3) is 5.91 Å². The highest BCUT2D eigenvalue weighted by Gasteiger charge is 2.20. The summed E-state index contributed by atoms with van der Waals surface area (Å²) in [6.45, 7) is 4.73. The summed E-state index contributed by atoms with van der Waals surface area (Å²) in [5.74, 6) is -0.676. The fourth-order valence-electron chi connectivity index (χ4n) is 4.25. The Hall–Kier alpha value is -4.71. The second-order valence-corrected chi connectivity index (χ2v) is 9.21. The number of aryl methyl sites for hydroxylation is 1. The smallest absolute Gasteiger partial charge is 0.328 e. The lowest BCUT2D eigenvalue weighted by Gasteiger charge is -2.11. The number of imidazole rings is 1. The number of nitrogens with one attached hydrogen (secondary N) is 1. The number of benzene rings is 1. The Kier molecular flexibility index (Phi) is 7.28. The van der Waals surface area contributed by atoms with Crippen LogP contribution in [-0.2, 0) is 24.9 Å². The molecule has 0 saturated carbocycles. The SMILES string of the molecule is CC(C)n1cnnc1-c1cccc(NC(=O)c2cc3c(cc2F)n(C)c(=O)n3CCOCc2ccccn2)n1. The molecule has 0 bridgehead atoms. The molecule has 0 unspecified atom stereocenters. The number of pyridine rings is 2. The summed E-state index contributed by atoms with van der Waals surface area (Å²) in [6.07, 6.45) is 3.29. The fourth-order valence-corrected chi connectivity index (χ4v) is 4.25. The van der Waals surface area contributed by atoms with Crippen molar-refractivity contribution < 1.29 is 13.9 Å². The molecule has 1 N–H and O–H groups in total. The van der Waals surface area contributed by atoms with Crippen LogP contribution < -0.4 is 11.0 Å². The number of hydrogen-bond acceptors (Lipinski definition) is 7. The molecule has 0 aliphatic carbocycles. The molecular formula is C27H27FN8O3. The first-order valence-corrected chi connectivity index (χ1v) is 12.4. The van der Waals surface area contributed by atoms with E-state index in [1.54, 1.807) is 37.8 Å². The number of rotatable bonds is 9. The predicted molar refractivity (Wildman–Crippen MR) is 143 cm³/mol. The van der Waals surface area contributed by atoms with Crippen LogP contribution in [0, 0.1) is 5.82 Å². The third-order valence-corrected chi connectivity index (χ3v) is 6.26. The van der Waals surface area contributed by atoms with E-state index in [4.69, 9.17) is 4.74 Å². The standard InChI is InChI=1S/C27H27FN8O3/c1-17(2)36-16-30-33-25(36)21-8-6-9-24(31-21)32-26(37)19-13-23-22(14-20(19)28)34(3)27(38)35(23)11-12-39-15-18-7-4-5-10-29-18/h4-10,13-14,16-17H,11-12,15H2,1-3H3,(H,31,32,37). The van der Waals surface area contributed by atoms with Crippen molar-refractivity contribution in [1.82, 2.24) is 33.9 Å². The van der Waals surface area contributed by atoms with Crippen LogP contribution in [-0.4, -0.2) is 46.4 Å². The van der Waals surface area contributed by atoms with Crippen molar-refractivity contribution in [3.8, 4) is 11.5 Å². The van der Waals surface area contributed by atoms with Gasteiger partial charge in [-0.05, 0) is 44.2 Å². The molecule has 39 heavy (non-hydrogen) atoms. The van der Waals surface area contributed by atoms with E-state index >= 15 is 4.39 Å². The lowest BCUT2D eigenvalue weighted by Crippen LogP contribution is -2.24. The Labute approximate surface area is 222 Å². The van der Waals surface area contributed by atoms with Gasteiger partial charge in [0.05, 0.1) is 42.0 Å². The van der Waals surface area contributed by atoms with Crippen molar-refractivity contribution in [3.63, 3.8) is 0 Å². The van der Waals surface area contributed by atoms with E-state index in [0.717, 1.165) is 5.69 Å². The van der Waals surface area contributed by atoms with E-state index in [1.165, 1.54) is 21.3 Å². The van der Waals surface area contributed by atoms with Crippen LogP contribution in [0.2, 0.25) is 0 Å². The maximum Gasteiger partial charge on any atom is 0.328 e. The van der Waals surface area contributed by atoms with Crippen molar-refractivity contribution in [2.75, 3.05) is 11.9 Å². The predicted octanol–water partition coefficient (Wildman–Crippen LogP) is 3.58. The third-order valence-electron chi connectivity index (χ3n) is 6.26. The Morgan fingerprint density at radius 1 is 1.13 bits per heavy atom. The van der Waals surface area contributed by atoms with Gasteiger partial charge in [0.2, 0.25) is 0 Å². The maximum absolute atomic E-state index is 15.1. The average molecular weight is 531 g/mol. The lowest BCUT2D eigenvalue weighted by molar-refractivity contribution is 0.102. The Morgan fingerprint density at radius 2 is 1.97 bits per heavy atom. The zero-order valence-corrected chi connectivity index (χ0v) is 21.7. The number of halogens is 1. The van der Waals surface area contributed by atoms with Gasteiger partial charge in [-0.1, -0.05) is 12.1 Å². The monoisotopic (exact) mass is 530 g/mol. The van der Waals surface area contributed by atoms with Gasteiger partial charge < -0.3 is 14.6 Å². The van der Waals surface area contributed by atoms with Crippen LogP contribution in [0.5, 0.6) is 0 Å². The number of amides is 1. The molecule has 1 aromatic carbocycles. The molecule has 0 aliphatic rings. The summed E-state index contributed by atoms with van der Waals surface area (Å²) < 4.78 is 25.4. The maximum atomic E-state index is 15.1. The molecule has 5 aromatic rings. The first-order chi connectivity index (χ1) is 18.8. The van der Waals surface area contributed by atoms with Gasteiger partial charge in [0.15, 0.2) is 5.82 Å². The summed E-state index contributed by atoms with van der Waals surface area (Å²) in [6, 6.07) is 13.3. The molecule has 0 radical (unpaired) electrons. The van der Waals surface area contributed by atoms with Gasteiger partial charge in [-0.15, -0.1) is 10.2 Å². The Bertz CT molecular complexity index is 1690. The van der Waals surface area contributed by atoms with Crippen LogP contribution >= 0.6 is 0 Å². The summed E-state index contributed by atoms with van der Waals surface area (Å²) in [5.41, 5.74) is 1.51. The van der Waals surface area contributed by atoms with Crippen LogP contribution in [0.25, 0.3) is 22.6 Å². The summed E-state index contributed by atoms with van der Waals surface area (Å²) in [7, 11) is 1.56. The average Bonchev–Trinajstić information content (AvgIpc) is 3.51. The minimum absolute atomic E-state index is 0.111. The van der Waals surface area contributed by atoms with Crippen molar-refractivity contribution >= 4 is 22.8 Å². The Morgan fingerprint density at radius 3 is 2.74 bits per heavy atom. The number of nitrogens with zero attached hydrogens (tertiary/aromatic N) is 7. The first kappa shape index (κ1) is 25.9. The molecule has 0 aliphatic heterocycles. The fraction of sp³-hybridized carbons (Fsp3) is 0.259.